The summed E-state index contributed by atoms with van der Waals surface area (Å²) in [5.74, 6) is 0.252. The second kappa shape index (κ2) is 7.14. The normalized spacial score (nSPS) is 13.1. The molecule has 1 aliphatic carbocycles. The first kappa shape index (κ1) is 14.0. The third-order valence-electron chi connectivity index (χ3n) is 1.13. The van der Waals surface area contributed by atoms with Crippen LogP contribution in [0.1, 0.15) is 19.8 Å². The van der Waals surface area contributed by atoms with E-state index in [1.165, 1.54) is 12.8 Å². The molecule has 1 N–H and O–H groups in total. The topological polar surface area (TPSA) is 59.6 Å². The predicted octanol–water partition coefficient (Wildman–Crippen LogP) is -1.55. The molecule has 4 heteroatoms. The molecule has 0 radical (unpaired) electrons. The summed E-state index contributed by atoms with van der Waals surface area (Å²) in [4.78, 5) is 9.53. The molecule has 62 valence electrons. The molecule has 1 fully saturated rings. The Morgan fingerprint density at radius 2 is 2.00 bits per heavy atom. The molecule has 3 nitrogen and oxygen atoms in total. The molecule has 0 bridgehead atoms. The first-order valence-corrected chi connectivity index (χ1v) is 3.23. The smallest absolute Gasteiger partial charge is 0.899 e. The molecule has 1 saturated carbocycles. The molecule has 0 aromatic carbocycles. The van der Waals surface area contributed by atoms with Crippen molar-refractivity contribution in [2.75, 3.05) is 0 Å². The number of carboxylic acids is 1. The predicted molar refractivity (Wildman–Crippen MR) is 43.0 cm³/mol. The van der Waals surface area contributed by atoms with Crippen molar-refractivity contribution in [1.29, 1.82) is 0 Å². The molecule has 0 unspecified atom stereocenters. The van der Waals surface area contributed by atoms with Gasteiger partial charge in [-0.05, 0) is 0 Å². The van der Waals surface area contributed by atoms with Crippen LogP contribution in [0.4, 0.5) is 0 Å². The maximum absolute atomic E-state index is 9.53. The van der Waals surface area contributed by atoms with Gasteiger partial charge < -0.3 is 16.4 Å². The fourth-order valence-electron chi connectivity index (χ4n) is 0.196. The van der Waals surface area contributed by atoms with Crippen LogP contribution >= 0.6 is 0 Å². The molecule has 1 aliphatic rings. The van der Waals surface area contributed by atoms with Gasteiger partial charge in [-0.2, -0.15) is 6.92 Å². The van der Waals surface area contributed by atoms with E-state index in [2.05, 4.69) is 13.5 Å². The van der Waals surface area contributed by atoms with Crippen LogP contribution in [0, 0.1) is 12.5 Å². The van der Waals surface area contributed by atoms with Crippen molar-refractivity contribution in [3.63, 3.8) is 0 Å². The van der Waals surface area contributed by atoms with Gasteiger partial charge in [-0.15, -0.1) is 0 Å². The molecule has 0 aromatic heterocycles. The molecule has 0 amide bonds. The fraction of sp³-hybridized carbons (Fsp3) is 0.375. The summed E-state index contributed by atoms with van der Waals surface area (Å²) >= 11 is 0. The Morgan fingerprint density at radius 1 is 1.67 bits per heavy atom. The van der Waals surface area contributed by atoms with Crippen LogP contribution in [0.2, 0.25) is 0 Å². The van der Waals surface area contributed by atoms with Gasteiger partial charge in [0.2, 0.25) is 5.97 Å². The van der Waals surface area contributed by atoms with E-state index >= 15 is 0 Å². The van der Waals surface area contributed by atoms with E-state index in [4.69, 9.17) is 10.5 Å². The standard InChI is InChI=1S/C4H3NO2.C4H7.Li/c1-2-3(5)4(6)7;1-4-2-3-4;/h1-2H,(H,6,7);2-3H2,1H3;/q-2;-1;+1. The van der Waals surface area contributed by atoms with Crippen molar-refractivity contribution < 1.29 is 28.8 Å². The minimum Gasteiger partial charge on any atom is -0.899 e. The monoisotopic (exact) mass is 159 g/mol. The molecule has 0 heterocycles. The summed E-state index contributed by atoms with van der Waals surface area (Å²) in [6, 6.07) is 0. The van der Waals surface area contributed by atoms with E-state index < -0.39 is 11.7 Å². The van der Waals surface area contributed by atoms with Gasteiger partial charge in [0.15, 0.2) is 0 Å². The third-order valence-corrected chi connectivity index (χ3v) is 1.13. The maximum Gasteiger partial charge on any atom is 1.00 e. The quantitative estimate of drug-likeness (QED) is 0.301. The van der Waals surface area contributed by atoms with Gasteiger partial charge >= 0.3 is 18.9 Å². The minimum absolute atomic E-state index is 0. The second-order valence-corrected chi connectivity index (χ2v) is 2.31. The van der Waals surface area contributed by atoms with Gasteiger partial charge in [-0.3, -0.25) is 17.4 Å². The third kappa shape index (κ3) is 9.48. The van der Waals surface area contributed by atoms with Crippen LogP contribution in [0.5, 0.6) is 0 Å². The van der Waals surface area contributed by atoms with Crippen LogP contribution in [-0.2, 0) is 4.79 Å². The first-order chi connectivity index (χ1) is 5.07. The Kier molecular flexibility index (Phi) is 8.35. The Hall–Kier alpha value is -0.523. The average molecular weight is 159 g/mol. The number of nitrogens with zero attached hydrogens (tertiary/aromatic N) is 1. The number of carboxylic acid groups (broad SMARTS) is 1. The van der Waals surface area contributed by atoms with Gasteiger partial charge in [-0.25, -0.2) is 18.6 Å². The number of carbonyl (C=O) groups is 1. The van der Waals surface area contributed by atoms with Crippen LogP contribution < -0.4 is 18.9 Å². The van der Waals surface area contributed by atoms with Crippen molar-refractivity contribution in [1.82, 2.24) is 0 Å². The van der Waals surface area contributed by atoms with Gasteiger partial charge in [0.1, 0.15) is 0 Å². The van der Waals surface area contributed by atoms with E-state index in [9.17, 15) is 4.79 Å². The zero-order valence-electron chi connectivity index (χ0n) is 7.37. The van der Waals surface area contributed by atoms with E-state index in [1.807, 2.05) is 0 Å². The van der Waals surface area contributed by atoms with Crippen LogP contribution in [-0.4, -0.2) is 16.8 Å². The largest absolute Gasteiger partial charge is 1.00 e. The van der Waals surface area contributed by atoms with E-state index in [-0.39, 0.29) is 18.9 Å². The summed E-state index contributed by atoms with van der Waals surface area (Å²) in [6.45, 7) is 6.77. The fourth-order valence-corrected chi connectivity index (χ4v) is 0.196. The molecular weight excluding hydrogens is 149 g/mol. The maximum atomic E-state index is 9.53. The Labute approximate surface area is 84.5 Å². The van der Waals surface area contributed by atoms with Gasteiger partial charge in [-0.1, -0.05) is 0 Å². The van der Waals surface area contributed by atoms with Crippen molar-refractivity contribution in [2.45, 2.75) is 19.8 Å². The molecule has 0 spiro atoms. The molecule has 0 aliphatic heterocycles. The summed E-state index contributed by atoms with van der Waals surface area (Å²) in [6.07, 6.45) is 3.42. The number of hydrogen-bond acceptors (Lipinski definition) is 1. The number of hydrogen-bond donors (Lipinski definition) is 1. The zero-order valence-corrected chi connectivity index (χ0v) is 7.37. The van der Waals surface area contributed by atoms with E-state index in [0.29, 0.717) is 6.08 Å². The Bertz CT molecular complexity index is 176. The zero-order chi connectivity index (χ0) is 8.85. The van der Waals surface area contributed by atoms with Crippen molar-refractivity contribution in [2.24, 2.45) is 0 Å². The van der Waals surface area contributed by atoms with Crippen molar-refractivity contribution >= 4 is 11.7 Å². The summed E-state index contributed by atoms with van der Waals surface area (Å²) in [7, 11) is 0. The molecule has 0 aromatic rings. The van der Waals surface area contributed by atoms with Gasteiger partial charge in [0.25, 0.3) is 0 Å². The van der Waals surface area contributed by atoms with E-state index in [1.54, 1.807) is 5.92 Å². The molecule has 0 atom stereocenters. The summed E-state index contributed by atoms with van der Waals surface area (Å²) in [5.41, 5.74) is -0.833. The second-order valence-electron chi connectivity index (χ2n) is 2.31. The molecule has 0 saturated heterocycles. The Morgan fingerprint density at radius 3 is 2.00 bits per heavy atom. The molecular formula is C8H10LiNO2-2. The molecule has 1 rings (SSSR count). The van der Waals surface area contributed by atoms with Gasteiger partial charge in [0.05, 0.1) is 0 Å². The first-order valence-electron chi connectivity index (χ1n) is 3.23. The Balaban J connectivity index is 0. The molecule has 12 heavy (non-hydrogen) atoms. The summed E-state index contributed by atoms with van der Waals surface area (Å²) < 4.78 is 0. The van der Waals surface area contributed by atoms with Gasteiger partial charge in [0, 0.05) is 0 Å². The van der Waals surface area contributed by atoms with Crippen LogP contribution in [0.15, 0.2) is 6.08 Å². The number of rotatable bonds is 2. The van der Waals surface area contributed by atoms with Crippen LogP contribution in [0.3, 0.4) is 0 Å². The van der Waals surface area contributed by atoms with E-state index in [0.717, 1.165) is 0 Å². The van der Waals surface area contributed by atoms with Crippen molar-refractivity contribution in [3.05, 3.63) is 24.0 Å². The number of aliphatic carboxylic acids is 1. The SMILES string of the molecule is C[C-]1CC1.[CH-]=CC(=[N-])C(=O)O.[Li+]. The minimum atomic E-state index is -1.41. The summed E-state index contributed by atoms with van der Waals surface area (Å²) in [5, 5.41) is 15.9. The average Bonchev–Trinajstić information content (AvgIpc) is 2.71. The van der Waals surface area contributed by atoms with Crippen LogP contribution in [0.25, 0.3) is 5.41 Å². The van der Waals surface area contributed by atoms with Crippen molar-refractivity contribution in [3.8, 4) is 0 Å².